The SMILES string of the molecule is CCCC1C(=O)N(c2ccccc2)C(=O)N(C2CCCCC2)C1=O. The molecule has 24 heavy (non-hydrogen) atoms. The number of hydrogen-bond donors (Lipinski definition) is 0. The summed E-state index contributed by atoms with van der Waals surface area (Å²) in [4.78, 5) is 41.3. The first-order valence-electron chi connectivity index (χ1n) is 8.91. The monoisotopic (exact) mass is 328 g/mol. The second-order valence-electron chi connectivity index (χ2n) is 6.63. The van der Waals surface area contributed by atoms with Gasteiger partial charge in [0.1, 0.15) is 5.92 Å². The van der Waals surface area contributed by atoms with Gasteiger partial charge in [0.05, 0.1) is 5.69 Å². The first-order valence-corrected chi connectivity index (χ1v) is 8.91. The molecule has 0 bridgehead atoms. The predicted molar refractivity (Wildman–Crippen MR) is 91.4 cm³/mol. The Labute approximate surface area is 142 Å². The lowest BCUT2D eigenvalue weighted by Crippen LogP contribution is -2.63. The fourth-order valence-electron chi connectivity index (χ4n) is 3.75. The first kappa shape index (κ1) is 16.7. The molecule has 5 heteroatoms. The van der Waals surface area contributed by atoms with Gasteiger partial charge in [-0.05, 0) is 31.4 Å². The van der Waals surface area contributed by atoms with Crippen molar-refractivity contribution in [1.29, 1.82) is 0 Å². The van der Waals surface area contributed by atoms with Crippen LogP contribution in [0.1, 0.15) is 51.9 Å². The summed E-state index contributed by atoms with van der Waals surface area (Å²) in [6.07, 6.45) is 6.10. The molecule has 3 rings (SSSR count). The highest BCUT2D eigenvalue weighted by molar-refractivity contribution is 6.27. The standard InChI is InChI=1S/C19H24N2O3/c1-2-9-16-17(22)20(14-10-5-3-6-11-14)19(24)21(18(16)23)15-12-7-4-8-13-15/h3,5-6,10-11,15-16H,2,4,7-9,12-13H2,1H3. The van der Waals surface area contributed by atoms with E-state index in [1.165, 1.54) is 9.80 Å². The average molecular weight is 328 g/mol. The first-order chi connectivity index (χ1) is 11.6. The number of hydrogen-bond acceptors (Lipinski definition) is 3. The number of anilines is 1. The maximum atomic E-state index is 13.0. The molecule has 128 valence electrons. The number of urea groups is 1. The molecule has 1 aliphatic carbocycles. The van der Waals surface area contributed by atoms with E-state index in [9.17, 15) is 14.4 Å². The Morgan fingerprint density at radius 2 is 1.62 bits per heavy atom. The van der Waals surface area contributed by atoms with E-state index in [0.29, 0.717) is 12.1 Å². The zero-order valence-corrected chi connectivity index (χ0v) is 14.1. The molecule has 1 aromatic carbocycles. The van der Waals surface area contributed by atoms with Crippen LogP contribution < -0.4 is 4.90 Å². The zero-order chi connectivity index (χ0) is 17.1. The van der Waals surface area contributed by atoms with Gasteiger partial charge in [-0.25, -0.2) is 9.69 Å². The van der Waals surface area contributed by atoms with Crippen molar-refractivity contribution in [2.45, 2.75) is 57.9 Å². The third-order valence-corrected chi connectivity index (χ3v) is 4.98. The van der Waals surface area contributed by atoms with Crippen LogP contribution >= 0.6 is 0 Å². The molecule has 1 aliphatic heterocycles. The number of benzene rings is 1. The summed E-state index contributed by atoms with van der Waals surface area (Å²) in [5.74, 6) is -1.43. The van der Waals surface area contributed by atoms with E-state index in [4.69, 9.17) is 0 Å². The van der Waals surface area contributed by atoms with Crippen molar-refractivity contribution in [3.05, 3.63) is 30.3 Å². The van der Waals surface area contributed by atoms with Gasteiger partial charge in [0.2, 0.25) is 11.8 Å². The van der Waals surface area contributed by atoms with Crippen LogP contribution in [0.15, 0.2) is 30.3 Å². The minimum Gasteiger partial charge on any atom is -0.273 e. The van der Waals surface area contributed by atoms with Gasteiger partial charge in [-0.1, -0.05) is 50.8 Å². The van der Waals surface area contributed by atoms with Crippen LogP contribution in [0.25, 0.3) is 0 Å². The second-order valence-corrected chi connectivity index (χ2v) is 6.63. The van der Waals surface area contributed by atoms with Crippen molar-refractivity contribution in [2.75, 3.05) is 4.90 Å². The molecule has 0 aromatic heterocycles. The highest BCUT2D eigenvalue weighted by Crippen LogP contribution is 2.32. The van der Waals surface area contributed by atoms with E-state index in [-0.39, 0.29) is 17.9 Å². The van der Waals surface area contributed by atoms with E-state index in [1.54, 1.807) is 24.3 Å². The number of rotatable bonds is 4. The lowest BCUT2D eigenvalue weighted by molar-refractivity contribution is -0.143. The Morgan fingerprint density at radius 3 is 2.25 bits per heavy atom. The van der Waals surface area contributed by atoms with E-state index in [0.717, 1.165) is 38.5 Å². The average Bonchev–Trinajstić information content (AvgIpc) is 2.61. The van der Waals surface area contributed by atoms with Gasteiger partial charge in [-0.2, -0.15) is 0 Å². The maximum Gasteiger partial charge on any atom is 0.338 e. The molecule has 0 radical (unpaired) electrons. The molecule has 4 amide bonds. The fraction of sp³-hybridized carbons (Fsp3) is 0.526. The molecule has 1 saturated heterocycles. The van der Waals surface area contributed by atoms with Gasteiger partial charge >= 0.3 is 6.03 Å². The number of para-hydroxylation sites is 1. The summed E-state index contributed by atoms with van der Waals surface area (Å²) in [6.45, 7) is 1.95. The summed E-state index contributed by atoms with van der Waals surface area (Å²) < 4.78 is 0. The minimum atomic E-state index is -0.741. The lowest BCUT2D eigenvalue weighted by Gasteiger charge is -2.41. The number of amides is 4. The van der Waals surface area contributed by atoms with Crippen LogP contribution in [0, 0.1) is 5.92 Å². The van der Waals surface area contributed by atoms with Crippen LogP contribution in [-0.4, -0.2) is 28.8 Å². The van der Waals surface area contributed by atoms with E-state index < -0.39 is 11.9 Å². The lowest BCUT2D eigenvalue weighted by atomic mass is 9.90. The number of nitrogens with zero attached hydrogens (tertiary/aromatic N) is 2. The van der Waals surface area contributed by atoms with Crippen molar-refractivity contribution in [3.63, 3.8) is 0 Å². The van der Waals surface area contributed by atoms with Gasteiger partial charge < -0.3 is 0 Å². The third-order valence-electron chi connectivity index (χ3n) is 4.98. The summed E-state index contributed by atoms with van der Waals surface area (Å²) in [5, 5.41) is 0. The topological polar surface area (TPSA) is 57.7 Å². The highest BCUT2D eigenvalue weighted by atomic mass is 16.2. The maximum absolute atomic E-state index is 13.0. The minimum absolute atomic E-state index is 0.0718. The molecule has 1 aromatic rings. The zero-order valence-electron chi connectivity index (χ0n) is 14.1. The summed E-state index contributed by atoms with van der Waals surface area (Å²) in [7, 11) is 0. The van der Waals surface area contributed by atoms with Gasteiger partial charge in [0.25, 0.3) is 0 Å². The van der Waals surface area contributed by atoms with Gasteiger partial charge in [-0.15, -0.1) is 0 Å². The van der Waals surface area contributed by atoms with Crippen molar-refractivity contribution >= 4 is 23.5 Å². The third kappa shape index (κ3) is 2.95. The second kappa shape index (κ2) is 7.16. The largest absolute Gasteiger partial charge is 0.338 e. The number of carbonyl (C=O) groups excluding carboxylic acids is 3. The Kier molecular flexibility index (Phi) is 4.97. The van der Waals surface area contributed by atoms with E-state index >= 15 is 0 Å². The Hall–Kier alpha value is -2.17. The molecule has 2 fully saturated rings. The molecular formula is C19H24N2O3. The van der Waals surface area contributed by atoms with Gasteiger partial charge in [-0.3, -0.25) is 14.5 Å². The molecule has 1 atom stereocenters. The van der Waals surface area contributed by atoms with Crippen LogP contribution in [0.3, 0.4) is 0 Å². The molecule has 2 aliphatic rings. The molecule has 5 nitrogen and oxygen atoms in total. The van der Waals surface area contributed by atoms with Crippen molar-refractivity contribution in [3.8, 4) is 0 Å². The summed E-state index contributed by atoms with van der Waals surface area (Å²) in [5.41, 5.74) is 0.543. The molecule has 1 unspecified atom stereocenters. The summed E-state index contributed by atoms with van der Waals surface area (Å²) in [6, 6.07) is 8.38. The van der Waals surface area contributed by atoms with E-state index in [2.05, 4.69) is 0 Å². The highest BCUT2D eigenvalue weighted by Gasteiger charge is 2.48. The smallest absolute Gasteiger partial charge is 0.273 e. The fourth-order valence-corrected chi connectivity index (χ4v) is 3.75. The Bertz CT molecular complexity index is 623. The quantitative estimate of drug-likeness (QED) is 0.791. The Balaban J connectivity index is 1.97. The number of carbonyl (C=O) groups is 3. The van der Waals surface area contributed by atoms with E-state index in [1.807, 2.05) is 13.0 Å². The summed E-state index contributed by atoms with van der Waals surface area (Å²) >= 11 is 0. The number of imide groups is 2. The molecule has 0 spiro atoms. The van der Waals surface area contributed by atoms with Crippen LogP contribution in [-0.2, 0) is 9.59 Å². The van der Waals surface area contributed by atoms with Gasteiger partial charge in [0, 0.05) is 6.04 Å². The van der Waals surface area contributed by atoms with Crippen molar-refractivity contribution in [2.24, 2.45) is 5.92 Å². The predicted octanol–water partition coefficient (Wildman–Crippen LogP) is 3.73. The van der Waals surface area contributed by atoms with Crippen LogP contribution in [0.4, 0.5) is 10.5 Å². The van der Waals surface area contributed by atoms with Crippen LogP contribution in [0.5, 0.6) is 0 Å². The van der Waals surface area contributed by atoms with Crippen LogP contribution in [0.2, 0.25) is 0 Å². The van der Waals surface area contributed by atoms with Crippen molar-refractivity contribution < 1.29 is 14.4 Å². The molecule has 1 saturated carbocycles. The van der Waals surface area contributed by atoms with Crippen molar-refractivity contribution in [1.82, 2.24) is 4.90 Å². The number of barbiturate groups is 1. The normalized spacial score (nSPS) is 23.0. The van der Waals surface area contributed by atoms with Gasteiger partial charge in [0.15, 0.2) is 0 Å². The Morgan fingerprint density at radius 1 is 0.958 bits per heavy atom. The molecule has 0 N–H and O–H groups in total. The molecular weight excluding hydrogens is 304 g/mol. The molecule has 1 heterocycles.